The Hall–Kier alpha value is -2.12. The third-order valence-electron chi connectivity index (χ3n) is 4.54. The normalized spacial score (nSPS) is 14.6. The number of ether oxygens (including phenoxy) is 1. The van der Waals surface area contributed by atoms with Gasteiger partial charge in [-0.2, -0.15) is 0 Å². The van der Waals surface area contributed by atoms with E-state index in [2.05, 4.69) is 20.9 Å². The smallest absolute Gasteiger partial charge is 0.278 e. The fourth-order valence-electron chi connectivity index (χ4n) is 3.13. The molecule has 142 valence electrons. The molecule has 3 rings (SSSR count). The van der Waals surface area contributed by atoms with E-state index in [0.717, 1.165) is 42.9 Å². The number of halogens is 1. The molecular formula is C18H26ClN5O2. The van der Waals surface area contributed by atoms with Crippen molar-refractivity contribution in [2.75, 3.05) is 25.0 Å². The zero-order valence-corrected chi connectivity index (χ0v) is 16.2. The predicted octanol–water partition coefficient (Wildman–Crippen LogP) is 2.89. The summed E-state index contributed by atoms with van der Waals surface area (Å²) >= 11 is 0. The number of amides is 1. The maximum absolute atomic E-state index is 12.6. The van der Waals surface area contributed by atoms with Crippen molar-refractivity contribution in [2.45, 2.75) is 39.7 Å². The van der Waals surface area contributed by atoms with Gasteiger partial charge in [-0.25, -0.2) is 4.68 Å². The van der Waals surface area contributed by atoms with Gasteiger partial charge >= 0.3 is 0 Å². The molecule has 1 aliphatic rings. The molecule has 0 bridgehead atoms. The van der Waals surface area contributed by atoms with Crippen LogP contribution < -0.4 is 15.4 Å². The highest BCUT2D eigenvalue weighted by Gasteiger charge is 2.23. The van der Waals surface area contributed by atoms with Gasteiger partial charge in [0.15, 0.2) is 5.69 Å². The Bertz CT molecular complexity index is 756. The number of piperidine rings is 1. The first kappa shape index (κ1) is 20.2. The van der Waals surface area contributed by atoms with E-state index in [4.69, 9.17) is 4.74 Å². The van der Waals surface area contributed by atoms with Gasteiger partial charge in [0.2, 0.25) is 0 Å². The average Bonchev–Trinajstić information content (AvgIpc) is 3.00. The summed E-state index contributed by atoms with van der Waals surface area (Å²) in [5.74, 6) is 0.527. The molecule has 2 N–H and O–H groups in total. The third-order valence-corrected chi connectivity index (χ3v) is 4.54. The van der Waals surface area contributed by atoms with Crippen molar-refractivity contribution in [1.29, 1.82) is 0 Å². The minimum Gasteiger partial charge on any atom is -0.494 e. The number of hydrogen-bond acceptors (Lipinski definition) is 5. The third kappa shape index (κ3) is 4.34. The minimum atomic E-state index is -0.246. The summed E-state index contributed by atoms with van der Waals surface area (Å²) in [4.78, 5) is 12.6. The van der Waals surface area contributed by atoms with Gasteiger partial charge in [0.1, 0.15) is 5.75 Å². The number of nitrogens with one attached hydrogen (secondary N) is 2. The van der Waals surface area contributed by atoms with Crippen LogP contribution in [0.4, 0.5) is 5.69 Å². The van der Waals surface area contributed by atoms with Gasteiger partial charge in [0, 0.05) is 11.8 Å². The molecule has 1 saturated heterocycles. The summed E-state index contributed by atoms with van der Waals surface area (Å²) in [6.45, 7) is 8.34. The fraction of sp³-hybridized carbons (Fsp3) is 0.500. The average molecular weight is 380 g/mol. The quantitative estimate of drug-likeness (QED) is 0.834. The van der Waals surface area contributed by atoms with Gasteiger partial charge in [-0.1, -0.05) is 11.3 Å². The van der Waals surface area contributed by atoms with Crippen molar-refractivity contribution in [2.24, 2.45) is 0 Å². The van der Waals surface area contributed by atoms with E-state index in [0.29, 0.717) is 24.0 Å². The Balaban J connectivity index is 0.00000243. The van der Waals surface area contributed by atoms with Crippen LogP contribution in [0.3, 0.4) is 0 Å². The summed E-state index contributed by atoms with van der Waals surface area (Å²) < 4.78 is 7.47. The first-order chi connectivity index (χ1) is 12.1. The summed E-state index contributed by atoms with van der Waals surface area (Å²) in [7, 11) is 0. The minimum absolute atomic E-state index is 0. The molecule has 1 aromatic carbocycles. The Morgan fingerprint density at radius 1 is 1.35 bits per heavy atom. The molecule has 1 amide bonds. The van der Waals surface area contributed by atoms with Gasteiger partial charge < -0.3 is 15.4 Å². The molecule has 0 atom stereocenters. The van der Waals surface area contributed by atoms with Crippen LogP contribution in [0.1, 0.15) is 47.6 Å². The molecule has 0 aliphatic carbocycles. The predicted molar refractivity (Wildman–Crippen MR) is 103 cm³/mol. The topological polar surface area (TPSA) is 81.1 Å². The number of anilines is 1. The number of carbonyl (C=O) groups excluding carboxylic acids is 1. The molecule has 1 aromatic heterocycles. The van der Waals surface area contributed by atoms with E-state index in [9.17, 15) is 4.79 Å². The molecule has 0 unspecified atom stereocenters. The van der Waals surface area contributed by atoms with E-state index in [1.807, 2.05) is 43.7 Å². The lowest BCUT2D eigenvalue weighted by Gasteiger charge is -2.23. The molecule has 8 heteroatoms. The number of benzene rings is 1. The standard InChI is InChI=1S/C18H25N5O2.ClH/c1-4-25-16-11-14(6-5-12(16)2)20-18(24)17-13(3)23(22-21-17)15-7-9-19-10-8-15;/h5-6,11,15,19H,4,7-10H2,1-3H3,(H,20,24);1H. The number of rotatable bonds is 5. The van der Waals surface area contributed by atoms with Crippen molar-refractivity contribution in [3.8, 4) is 5.75 Å². The summed E-state index contributed by atoms with van der Waals surface area (Å²) in [5.41, 5.74) is 2.90. The second kappa shape index (κ2) is 9.00. The first-order valence-electron chi connectivity index (χ1n) is 8.77. The molecular weight excluding hydrogens is 354 g/mol. The van der Waals surface area contributed by atoms with E-state index in [1.165, 1.54) is 0 Å². The Morgan fingerprint density at radius 2 is 2.08 bits per heavy atom. The number of aryl methyl sites for hydroxylation is 1. The SMILES string of the molecule is CCOc1cc(NC(=O)c2nnn(C3CCNCC3)c2C)ccc1C.Cl. The zero-order chi connectivity index (χ0) is 17.8. The highest BCUT2D eigenvalue weighted by atomic mass is 35.5. The molecule has 26 heavy (non-hydrogen) atoms. The highest BCUT2D eigenvalue weighted by Crippen LogP contribution is 2.24. The number of carbonyl (C=O) groups is 1. The molecule has 1 aliphatic heterocycles. The van der Waals surface area contributed by atoms with Crippen molar-refractivity contribution >= 4 is 24.0 Å². The van der Waals surface area contributed by atoms with Crippen LogP contribution in [-0.2, 0) is 0 Å². The summed E-state index contributed by atoms with van der Waals surface area (Å²) in [6.07, 6.45) is 2.00. The van der Waals surface area contributed by atoms with Crippen LogP contribution in [-0.4, -0.2) is 40.6 Å². The lowest BCUT2D eigenvalue weighted by atomic mass is 10.1. The number of hydrogen-bond donors (Lipinski definition) is 2. The second-order valence-electron chi connectivity index (χ2n) is 6.32. The van der Waals surface area contributed by atoms with Crippen molar-refractivity contribution in [1.82, 2.24) is 20.3 Å². The Morgan fingerprint density at radius 3 is 2.77 bits per heavy atom. The molecule has 0 saturated carbocycles. The van der Waals surface area contributed by atoms with Crippen LogP contribution >= 0.6 is 12.4 Å². The summed E-state index contributed by atoms with van der Waals surface area (Å²) in [5, 5.41) is 14.6. The van der Waals surface area contributed by atoms with Crippen LogP contribution in [0.5, 0.6) is 5.75 Å². The van der Waals surface area contributed by atoms with E-state index >= 15 is 0 Å². The largest absolute Gasteiger partial charge is 0.494 e. The molecule has 7 nitrogen and oxygen atoms in total. The zero-order valence-electron chi connectivity index (χ0n) is 15.4. The van der Waals surface area contributed by atoms with E-state index in [1.54, 1.807) is 0 Å². The summed E-state index contributed by atoms with van der Waals surface area (Å²) in [6, 6.07) is 5.93. The van der Waals surface area contributed by atoms with Gasteiger partial charge in [-0.3, -0.25) is 4.79 Å². The van der Waals surface area contributed by atoms with E-state index in [-0.39, 0.29) is 18.3 Å². The molecule has 0 radical (unpaired) electrons. The van der Waals surface area contributed by atoms with Crippen LogP contribution in [0.2, 0.25) is 0 Å². The lowest BCUT2D eigenvalue weighted by Crippen LogP contribution is -2.30. The van der Waals surface area contributed by atoms with Gasteiger partial charge in [-0.05, 0) is 58.3 Å². The first-order valence-corrected chi connectivity index (χ1v) is 8.77. The molecule has 2 aromatic rings. The number of aromatic nitrogens is 3. The van der Waals surface area contributed by atoms with Crippen molar-refractivity contribution < 1.29 is 9.53 Å². The van der Waals surface area contributed by atoms with Crippen molar-refractivity contribution in [3.05, 3.63) is 35.2 Å². The highest BCUT2D eigenvalue weighted by molar-refractivity contribution is 6.03. The van der Waals surface area contributed by atoms with Crippen molar-refractivity contribution in [3.63, 3.8) is 0 Å². The Labute approximate surface area is 159 Å². The number of nitrogens with zero attached hydrogens (tertiary/aromatic N) is 3. The van der Waals surface area contributed by atoms with Gasteiger partial charge in [0.25, 0.3) is 5.91 Å². The van der Waals surface area contributed by atoms with Gasteiger partial charge in [0.05, 0.1) is 18.3 Å². The Kier molecular flexibility index (Phi) is 6.99. The van der Waals surface area contributed by atoms with Gasteiger partial charge in [-0.15, -0.1) is 17.5 Å². The molecule has 1 fully saturated rings. The second-order valence-corrected chi connectivity index (χ2v) is 6.32. The molecule has 0 spiro atoms. The maximum Gasteiger partial charge on any atom is 0.278 e. The van der Waals surface area contributed by atoms with Crippen LogP contribution in [0.25, 0.3) is 0 Å². The maximum atomic E-state index is 12.6. The van der Waals surface area contributed by atoms with Crippen LogP contribution in [0, 0.1) is 13.8 Å². The van der Waals surface area contributed by atoms with E-state index < -0.39 is 0 Å². The lowest BCUT2D eigenvalue weighted by molar-refractivity contribution is 0.102. The monoisotopic (exact) mass is 379 g/mol. The molecule has 2 heterocycles. The van der Waals surface area contributed by atoms with Crippen LogP contribution in [0.15, 0.2) is 18.2 Å². The fourth-order valence-corrected chi connectivity index (χ4v) is 3.13.